The van der Waals surface area contributed by atoms with Gasteiger partial charge in [0.05, 0.1) is 11.1 Å². The van der Waals surface area contributed by atoms with Gasteiger partial charge in [-0.05, 0) is 74.3 Å². The van der Waals surface area contributed by atoms with E-state index in [1.807, 2.05) is 12.1 Å². The molecule has 0 saturated heterocycles. The molecular weight excluding hydrogens is 337 g/mol. The number of hydrogen-bond donors (Lipinski definition) is 1. The maximum absolute atomic E-state index is 13.3. The van der Waals surface area contributed by atoms with Gasteiger partial charge in [0.15, 0.2) is 5.76 Å². The summed E-state index contributed by atoms with van der Waals surface area (Å²) in [4.78, 5) is 0. The van der Waals surface area contributed by atoms with E-state index in [1.54, 1.807) is 12.1 Å². The Balaban J connectivity index is 1.26. The summed E-state index contributed by atoms with van der Waals surface area (Å²) < 4.78 is 19.3. The standard InChI is InChI=1S/C21H23ClFNO/c22-18-10-14(1-3-19(18)23)20-4-2-17(25-20)11-24-21-15-6-12-5-13(8-15)9-16(21)7-12/h1-4,10,12-13,15-16,21,24H,5-9,11H2/p+1. The van der Waals surface area contributed by atoms with Crippen molar-refractivity contribution in [2.45, 2.75) is 44.7 Å². The number of benzene rings is 1. The summed E-state index contributed by atoms with van der Waals surface area (Å²) in [5, 5.41) is 2.66. The van der Waals surface area contributed by atoms with Gasteiger partial charge in [-0.15, -0.1) is 0 Å². The number of halogens is 2. The van der Waals surface area contributed by atoms with Gasteiger partial charge in [0.25, 0.3) is 0 Å². The van der Waals surface area contributed by atoms with E-state index in [0.29, 0.717) is 0 Å². The molecule has 0 spiro atoms. The first-order valence-electron chi connectivity index (χ1n) is 9.53. The molecule has 2 nitrogen and oxygen atoms in total. The lowest BCUT2D eigenvalue weighted by Gasteiger charge is -2.52. The Bertz CT molecular complexity index is 758. The van der Waals surface area contributed by atoms with Crippen LogP contribution >= 0.6 is 11.6 Å². The van der Waals surface area contributed by atoms with Crippen LogP contribution in [-0.2, 0) is 6.54 Å². The number of rotatable bonds is 4. The van der Waals surface area contributed by atoms with Crippen molar-refractivity contribution < 1.29 is 14.1 Å². The molecule has 0 amide bonds. The van der Waals surface area contributed by atoms with E-state index in [0.717, 1.165) is 53.3 Å². The lowest BCUT2D eigenvalue weighted by Crippen LogP contribution is -2.93. The van der Waals surface area contributed by atoms with E-state index in [2.05, 4.69) is 5.32 Å². The highest BCUT2D eigenvalue weighted by atomic mass is 35.5. The van der Waals surface area contributed by atoms with Gasteiger partial charge in [-0.1, -0.05) is 11.6 Å². The molecule has 4 heteroatoms. The third kappa shape index (κ3) is 2.92. The van der Waals surface area contributed by atoms with Crippen LogP contribution in [0.5, 0.6) is 0 Å². The Kier molecular flexibility index (Phi) is 3.90. The molecule has 0 atom stereocenters. The molecule has 2 N–H and O–H groups in total. The molecule has 4 aliphatic carbocycles. The minimum Gasteiger partial charge on any atom is -0.455 e. The van der Waals surface area contributed by atoms with Gasteiger partial charge >= 0.3 is 0 Å². The molecule has 0 radical (unpaired) electrons. The van der Waals surface area contributed by atoms with Crippen molar-refractivity contribution in [3.05, 3.63) is 46.9 Å². The maximum atomic E-state index is 13.3. The summed E-state index contributed by atoms with van der Waals surface area (Å²) in [6.07, 6.45) is 7.30. The fourth-order valence-corrected chi connectivity index (χ4v) is 6.08. The Morgan fingerprint density at radius 3 is 2.40 bits per heavy atom. The van der Waals surface area contributed by atoms with Crippen LogP contribution in [0.15, 0.2) is 34.7 Å². The Morgan fingerprint density at radius 1 is 1.00 bits per heavy atom. The lowest BCUT2D eigenvalue weighted by atomic mass is 9.54. The summed E-state index contributed by atoms with van der Waals surface area (Å²) in [7, 11) is 0. The van der Waals surface area contributed by atoms with Gasteiger partial charge in [-0.25, -0.2) is 4.39 Å². The third-order valence-corrected chi connectivity index (χ3v) is 7.05. The number of furan rings is 1. The predicted molar refractivity (Wildman–Crippen MR) is 95.6 cm³/mol. The van der Waals surface area contributed by atoms with Crippen LogP contribution in [0.3, 0.4) is 0 Å². The van der Waals surface area contributed by atoms with Crippen molar-refractivity contribution in [1.82, 2.24) is 0 Å². The molecule has 1 heterocycles. The molecule has 1 aromatic heterocycles. The first-order chi connectivity index (χ1) is 12.2. The van der Waals surface area contributed by atoms with Gasteiger partial charge in [0, 0.05) is 17.4 Å². The van der Waals surface area contributed by atoms with Gasteiger partial charge in [-0.2, -0.15) is 0 Å². The van der Waals surface area contributed by atoms with Gasteiger partial charge in [-0.3, -0.25) is 0 Å². The smallest absolute Gasteiger partial charge is 0.158 e. The largest absolute Gasteiger partial charge is 0.455 e. The van der Waals surface area contributed by atoms with Crippen LogP contribution < -0.4 is 5.32 Å². The van der Waals surface area contributed by atoms with Crippen molar-refractivity contribution >= 4 is 11.6 Å². The summed E-state index contributed by atoms with van der Waals surface area (Å²) >= 11 is 5.88. The first kappa shape index (κ1) is 15.9. The summed E-state index contributed by atoms with van der Waals surface area (Å²) in [6.45, 7) is 0.891. The highest BCUT2D eigenvalue weighted by Crippen LogP contribution is 2.52. The fourth-order valence-electron chi connectivity index (χ4n) is 5.90. The lowest BCUT2D eigenvalue weighted by molar-refractivity contribution is -0.724. The molecule has 6 rings (SSSR count). The van der Waals surface area contributed by atoms with Gasteiger partial charge < -0.3 is 9.73 Å². The molecular formula is C21H24ClFNO+. The number of quaternary nitrogens is 1. The van der Waals surface area contributed by atoms with E-state index in [4.69, 9.17) is 16.0 Å². The monoisotopic (exact) mass is 360 g/mol. The van der Waals surface area contributed by atoms with E-state index >= 15 is 0 Å². The molecule has 2 aromatic rings. The van der Waals surface area contributed by atoms with Crippen molar-refractivity contribution in [3.8, 4) is 11.3 Å². The zero-order valence-electron chi connectivity index (χ0n) is 14.3. The molecule has 4 saturated carbocycles. The van der Waals surface area contributed by atoms with Crippen LogP contribution in [0.1, 0.15) is 37.9 Å². The van der Waals surface area contributed by atoms with E-state index in [1.165, 1.54) is 38.2 Å². The summed E-state index contributed by atoms with van der Waals surface area (Å²) in [5.41, 5.74) is 0.826. The van der Waals surface area contributed by atoms with E-state index in [9.17, 15) is 4.39 Å². The topological polar surface area (TPSA) is 29.8 Å². The quantitative estimate of drug-likeness (QED) is 0.846. The molecule has 0 unspecified atom stereocenters. The Labute approximate surface area is 152 Å². The second-order valence-corrected chi connectivity index (χ2v) is 8.75. The van der Waals surface area contributed by atoms with E-state index < -0.39 is 5.82 Å². The molecule has 4 bridgehead atoms. The fraction of sp³-hybridized carbons (Fsp3) is 0.524. The average molecular weight is 361 g/mol. The normalized spacial score (nSPS) is 33.1. The Morgan fingerprint density at radius 2 is 1.72 bits per heavy atom. The van der Waals surface area contributed by atoms with Crippen molar-refractivity contribution in [2.75, 3.05) is 0 Å². The molecule has 1 aromatic carbocycles. The highest BCUT2D eigenvalue weighted by molar-refractivity contribution is 6.31. The molecule has 25 heavy (non-hydrogen) atoms. The second-order valence-electron chi connectivity index (χ2n) is 8.34. The minimum atomic E-state index is -0.396. The Hall–Kier alpha value is -1.32. The molecule has 132 valence electrons. The van der Waals surface area contributed by atoms with Gasteiger partial charge in [0.2, 0.25) is 0 Å². The third-order valence-electron chi connectivity index (χ3n) is 6.76. The van der Waals surface area contributed by atoms with Crippen molar-refractivity contribution in [2.24, 2.45) is 23.7 Å². The average Bonchev–Trinajstić information content (AvgIpc) is 3.05. The van der Waals surface area contributed by atoms with Crippen molar-refractivity contribution in [3.63, 3.8) is 0 Å². The predicted octanol–water partition coefficient (Wildman–Crippen LogP) is 4.63. The molecule has 4 aliphatic rings. The minimum absolute atomic E-state index is 0.135. The SMILES string of the molecule is Fc1ccc(-c2ccc(C[NH2+]C3C4CC5CC(C4)CC3C5)o2)cc1Cl. The first-order valence-corrected chi connectivity index (χ1v) is 9.91. The zero-order valence-corrected chi connectivity index (χ0v) is 15.0. The zero-order chi connectivity index (χ0) is 17.0. The van der Waals surface area contributed by atoms with Gasteiger partial charge in [0.1, 0.15) is 18.1 Å². The summed E-state index contributed by atoms with van der Waals surface area (Å²) in [6, 6.07) is 9.51. The van der Waals surface area contributed by atoms with Crippen LogP contribution in [-0.4, -0.2) is 6.04 Å². The van der Waals surface area contributed by atoms with Crippen LogP contribution in [0.2, 0.25) is 5.02 Å². The van der Waals surface area contributed by atoms with E-state index in [-0.39, 0.29) is 5.02 Å². The number of nitrogens with two attached hydrogens (primary N) is 1. The molecule has 4 fully saturated rings. The van der Waals surface area contributed by atoms with Crippen molar-refractivity contribution in [1.29, 1.82) is 0 Å². The second kappa shape index (κ2) is 6.14. The van der Waals surface area contributed by atoms with Crippen LogP contribution in [0.4, 0.5) is 4.39 Å². The number of hydrogen-bond acceptors (Lipinski definition) is 1. The summed E-state index contributed by atoms with van der Waals surface area (Å²) in [5.74, 6) is 5.23. The molecule has 0 aliphatic heterocycles. The maximum Gasteiger partial charge on any atom is 0.158 e. The highest BCUT2D eigenvalue weighted by Gasteiger charge is 2.50. The van der Waals surface area contributed by atoms with Crippen LogP contribution in [0, 0.1) is 29.5 Å². The van der Waals surface area contributed by atoms with Crippen LogP contribution in [0.25, 0.3) is 11.3 Å².